The minimum Gasteiger partial charge on any atom is -0.412 e. The SMILES string of the molecule is O.O.O.[La].[La].[Ni]. The summed E-state index contributed by atoms with van der Waals surface area (Å²) in [6.45, 7) is 0. The molecule has 0 bridgehead atoms. The van der Waals surface area contributed by atoms with Crippen LogP contribution in [0, 0.1) is 71.2 Å². The van der Waals surface area contributed by atoms with E-state index < -0.39 is 0 Å². The van der Waals surface area contributed by atoms with Gasteiger partial charge in [0.25, 0.3) is 0 Å². The zero-order chi connectivity index (χ0) is 0. The summed E-state index contributed by atoms with van der Waals surface area (Å²) in [5.41, 5.74) is 0. The molecule has 0 aromatic carbocycles. The predicted octanol–water partition coefficient (Wildman–Crippen LogP) is -2.48. The molecule has 0 aliphatic carbocycles. The van der Waals surface area contributed by atoms with Gasteiger partial charge < -0.3 is 16.4 Å². The maximum atomic E-state index is 0. The number of rotatable bonds is 0. The van der Waals surface area contributed by atoms with Crippen LogP contribution in [0.1, 0.15) is 0 Å². The number of hydrogen-bond acceptors (Lipinski definition) is 0. The van der Waals surface area contributed by atoms with Gasteiger partial charge in [0.2, 0.25) is 0 Å². The van der Waals surface area contributed by atoms with Gasteiger partial charge in [-0.2, -0.15) is 0 Å². The summed E-state index contributed by atoms with van der Waals surface area (Å²) < 4.78 is 0. The molecule has 0 aromatic heterocycles. The van der Waals surface area contributed by atoms with Crippen LogP contribution in [0.2, 0.25) is 0 Å². The molecule has 0 spiro atoms. The van der Waals surface area contributed by atoms with Crippen LogP contribution in [0.3, 0.4) is 0 Å². The molecule has 0 unspecified atom stereocenters. The van der Waals surface area contributed by atoms with Gasteiger partial charge in [0.1, 0.15) is 0 Å². The molecule has 6 heteroatoms. The van der Waals surface area contributed by atoms with E-state index in [-0.39, 0.29) is 104 Å². The smallest absolute Gasteiger partial charge is 0 e. The average Bonchev–Trinajstić information content (AvgIpc) is 0. The Morgan fingerprint density at radius 1 is 0.500 bits per heavy atom. The summed E-state index contributed by atoms with van der Waals surface area (Å²) in [6, 6.07) is 0. The van der Waals surface area contributed by atoms with E-state index in [4.69, 9.17) is 0 Å². The molecule has 0 aliphatic rings. The van der Waals surface area contributed by atoms with Crippen LogP contribution in [-0.4, -0.2) is 16.4 Å². The first-order chi connectivity index (χ1) is 0. The van der Waals surface area contributed by atoms with Crippen molar-refractivity contribution in [1.29, 1.82) is 0 Å². The third kappa shape index (κ3) is 29.4. The molecule has 6 N–H and O–H groups in total. The monoisotopic (exact) mass is 390 g/mol. The first-order valence-electron chi connectivity index (χ1n) is 0. The van der Waals surface area contributed by atoms with Crippen LogP contribution in [0.15, 0.2) is 0 Å². The predicted molar refractivity (Wildman–Crippen MR) is 10.8 cm³/mol. The minimum atomic E-state index is 0. The maximum Gasteiger partial charge on any atom is 0 e. The first kappa shape index (κ1) is 69.2. The molecule has 0 saturated carbocycles. The van der Waals surface area contributed by atoms with Crippen LogP contribution in [-0.2, 0) is 16.5 Å². The first-order valence-corrected chi connectivity index (χ1v) is 0. The molecule has 0 atom stereocenters. The van der Waals surface area contributed by atoms with Gasteiger partial charge in [0.15, 0.2) is 0 Å². The molecule has 2 radical (unpaired) electrons. The third-order valence-electron chi connectivity index (χ3n) is 0. The molecule has 0 aliphatic heterocycles. The zero-order valence-corrected chi connectivity index (χ0v) is 11.2. The molecule has 0 rings (SSSR count). The van der Waals surface area contributed by atoms with Crippen molar-refractivity contribution in [1.82, 2.24) is 0 Å². The van der Waals surface area contributed by atoms with Gasteiger partial charge in [-0.1, -0.05) is 0 Å². The van der Waals surface area contributed by atoms with Crippen LogP contribution in [0.4, 0.5) is 0 Å². The van der Waals surface area contributed by atoms with Crippen molar-refractivity contribution < 1.29 is 104 Å². The van der Waals surface area contributed by atoms with Gasteiger partial charge in [0, 0.05) is 87.7 Å². The third-order valence-corrected chi connectivity index (χ3v) is 0. The molecule has 0 amide bonds. The Balaban J connectivity index is 0. The summed E-state index contributed by atoms with van der Waals surface area (Å²) in [5, 5.41) is 0. The fourth-order valence-corrected chi connectivity index (χ4v) is 0. The Morgan fingerprint density at radius 2 is 0.500 bits per heavy atom. The molecule has 40 valence electrons. The van der Waals surface area contributed by atoms with Crippen LogP contribution >= 0.6 is 0 Å². The fraction of sp³-hybridized carbons (Fsp3) is 0. The quantitative estimate of drug-likeness (QED) is 0.410. The van der Waals surface area contributed by atoms with Gasteiger partial charge in [-0.3, -0.25) is 0 Å². The van der Waals surface area contributed by atoms with E-state index in [0.717, 1.165) is 0 Å². The second-order valence-corrected chi connectivity index (χ2v) is 0. The van der Waals surface area contributed by atoms with E-state index in [2.05, 4.69) is 0 Å². The number of hydrogen-bond donors (Lipinski definition) is 0. The summed E-state index contributed by atoms with van der Waals surface area (Å²) in [6.07, 6.45) is 0. The second kappa shape index (κ2) is 46.5. The molecular formula is H6La2NiO3. The van der Waals surface area contributed by atoms with Crippen molar-refractivity contribution in [2.75, 3.05) is 0 Å². The summed E-state index contributed by atoms with van der Waals surface area (Å²) in [7, 11) is 0. The van der Waals surface area contributed by atoms with Crippen molar-refractivity contribution >= 4 is 0 Å². The Labute approximate surface area is 102 Å². The molecule has 0 aromatic rings. The molecule has 0 saturated heterocycles. The van der Waals surface area contributed by atoms with E-state index in [1.165, 1.54) is 0 Å². The maximum absolute atomic E-state index is 0. The fourth-order valence-electron chi connectivity index (χ4n) is 0. The van der Waals surface area contributed by atoms with Crippen LogP contribution in [0.5, 0.6) is 0 Å². The van der Waals surface area contributed by atoms with Crippen molar-refractivity contribution in [3.63, 3.8) is 0 Å². The molecular weight excluding hydrogens is 385 g/mol. The standard InChI is InChI=1S/2La.Ni.3H2O/h;;;3*1H2. The van der Waals surface area contributed by atoms with Gasteiger partial charge >= 0.3 is 0 Å². The van der Waals surface area contributed by atoms with Gasteiger partial charge in [-0.25, -0.2) is 0 Å². The van der Waals surface area contributed by atoms with Crippen molar-refractivity contribution in [3.05, 3.63) is 0 Å². The summed E-state index contributed by atoms with van der Waals surface area (Å²) >= 11 is 0. The summed E-state index contributed by atoms with van der Waals surface area (Å²) in [5.74, 6) is 0. The Kier molecular flexibility index (Phi) is 536. The van der Waals surface area contributed by atoms with Crippen LogP contribution in [0.25, 0.3) is 0 Å². The summed E-state index contributed by atoms with van der Waals surface area (Å²) in [4.78, 5) is 0. The molecule has 3 nitrogen and oxygen atoms in total. The molecule has 0 fully saturated rings. The second-order valence-electron chi connectivity index (χ2n) is 0. The van der Waals surface area contributed by atoms with E-state index in [1.54, 1.807) is 0 Å². The van der Waals surface area contributed by atoms with Gasteiger partial charge in [-0.15, -0.1) is 0 Å². The van der Waals surface area contributed by atoms with Crippen molar-refractivity contribution in [2.45, 2.75) is 0 Å². The Bertz CT molecular complexity index is 8.75. The van der Waals surface area contributed by atoms with Gasteiger partial charge in [0.05, 0.1) is 0 Å². The van der Waals surface area contributed by atoms with E-state index >= 15 is 0 Å². The van der Waals surface area contributed by atoms with Crippen molar-refractivity contribution in [2.24, 2.45) is 0 Å². The van der Waals surface area contributed by atoms with Crippen molar-refractivity contribution in [3.8, 4) is 0 Å². The van der Waals surface area contributed by atoms with E-state index in [1.807, 2.05) is 0 Å². The van der Waals surface area contributed by atoms with Gasteiger partial charge in [-0.05, 0) is 0 Å². The van der Waals surface area contributed by atoms with E-state index in [9.17, 15) is 0 Å². The zero-order valence-electron chi connectivity index (χ0n) is 2.97. The normalized spacial score (nSPS) is 0. The Morgan fingerprint density at radius 3 is 0.500 bits per heavy atom. The average molecular weight is 391 g/mol. The minimum absolute atomic E-state index is 0. The largest absolute Gasteiger partial charge is 0.412 e. The van der Waals surface area contributed by atoms with Crippen LogP contribution < -0.4 is 0 Å². The topological polar surface area (TPSA) is 94.5 Å². The Hall–Kier alpha value is 2.76. The molecule has 0 heterocycles. The van der Waals surface area contributed by atoms with E-state index in [0.29, 0.717) is 0 Å². The molecule has 6 heavy (non-hydrogen) atoms.